The third-order valence-corrected chi connectivity index (χ3v) is 9.22. The Morgan fingerprint density at radius 1 is 0.306 bits per heavy atom. The number of aromatic nitrogens is 3. The van der Waals surface area contributed by atoms with Gasteiger partial charge in [0.15, 0.2) is 5.82 Å². The highest BCUT2D eigenvalue weighted by atomic mass is 15.0. The molecule has 49 heavy (non-hydrogen) atoms. The van der Waals surface area contributed by atoms with E-state index in [-0.39, 0.29) is 0 Å². The maximum absolute atomic E-state index is 5.05. The highest BCUT2D eigenvalue weighted by molar-refractivity contribution is 6.09. The first-order valence-electron chi connectivity index (χ1n) is 16.6. The molecule has 0 radical (unpaired) electrons. The van der Waals surface area contributed by atoms with E-state index in [1.807, 2.05) is 36.4 Å². The van der Waals surface area contributed by atoms with Crippen LogP contribution in [-0.2, 0) is 0 Å². The summed E-state index contributed by atoms with van der Waals surface area (Å²) in [5.41, 5.74) is 13.1. The second-order valence-corrected chi connectivity index (χ2v) is 12.3. The van der Waals surface area contributed by atoms with Gasteiger partial charge in [-0.25, -0.2) is 9.97 Å². The van der Waals surface area contributed by atoms with Gasteiger partial charge in [-0.1, -0.05) is 146 Å². The topological polar surface area (TPSA) is 30.7 Å². The van der Waals surface area contributed by atoms with Crippen molar-refractivity contribution in [1.82, 2.24) is 14.5 Å². The monoisotopic (exact) mass is 625 g/mol. The lowest BCUT2D eigenvalue weighted by molar-refractivity contribution is 1.18. The first kappa shape index (κ1) is 28.6. The molecule has 3 heteroatoms. The molecule has 0 N–H and O–H groups in total. The van der Waals surface area contributed by atoms with Crippen LogP contribution in [0.5, 0.6) is 0 Å². The minimum absolute atomic E-state index is 0.707. The molecule has 9 aromatic rings. The van der Waals surface area contributed by atoms with Crippen LogP contribution in [0.25, 0.3) is 83.6 Å². The Morgan fingerprint density at radius 2 is 0.735 bits per heavy atom. The Labute approximate surface area is 285 Å². The SMILES string of the molecule is c1ccc(-c2cc(-c3ccccc3)nc(-c3cccc(-c4cccc(-c5ccc(-n6c7ccccc7c7ccccc76)cc5)c4)c3)n2)cc1. The standard InChI is InChI=1S/C46H31N3/c1-3-13-33(14-4-1)42-31-43(34-15-5-2-6-16-34)48-46(47-42)38-20-12-19-37(30-38)36-18-11-17-35(29-36)32-25-27-39(28-26-32)49-44-23-9-7-21-40(44)41-22-8-10-24-45(41)49/h1-31H. The predicted octanol–water partition coefficient (Wildman–Crippen LogP) is 11.9. The molecule has 7 aromatic carbocycles. The molecular formula is C46H31N3. The maximum Gasteiger partial charge on any atom is 0.160 e. The van der Waals surface area contributed by atoms with Crippen LogP contribution < -0.4 is 0 Å². The molecule has 0 amide bonds. The molecule has 0 bridgehead atoms. The molecule has 230 valence electrons. The predicted molar refractivity (Wildman–Crippen MR) is 204 cm³/mol. The maximum atomic E-state index is 5.05. The summed E-state index contributed by atoms with van der Waals surface area (Å²) >= 11 is 0. The van der Waals surface area contributed by atoms with Gasteiger partial charge in [0, 0.05) is 33.2 Å². The summed E-state index contributed by atoms with van der Waals surface area (Å²) in [6.07, 6.45) is 0. The van der Waals surface area contributed by atoms with E-state index in [0.29, 0.717) is 5.82 Å². The molecule has 0 unspecified atom stereocenters. The van der Waals surface area contributed by atoms with Gasteiger partial charge in [-0.15, -0.1) is 0 Å². The number of para-hydroxylation sites is 2. The average molecular weight is 626 g/mol. The fourth-order valence-electron chi connectivity index (χ4n) is 6.81. The zero-order valence-electron chi connectivity index (χ0n) is 26.7. The van der Waals surface area contributed by atoms with Gasteiger partial charge < -0.3 is 4.57 Å². The third kappa shape index (κ3) is 5.38. The van der Waals surface area contributed by atoms with Gasteiger partial charge in [-0.2, -0.15) is 0 Å². The summed E-state index contributed by atoms with van der Waals surface area (Å²) < 4.78 is 2.36. The van der Waals surface area contributed by atoms with Crippen LogP contribution >= 0.6 is 0 Å². The van der Waals surface area contributed by atoms with E-state index in [1.165, 1.54) is 32.9 Å². The molecule has 2 aromatic heterocycles. The minimum Gasteiger partial charge on any atom is -0.309 e. The molecule has 0 saturated heterocycles. The highest BCUT2D eigenvalue weighted by Crippen LogP contribution is 2.34. The molecule has 9 rings (SSSR count). The molecule has 0 atom stereocenters. The molecule has 2 heterocycles. The minimum atomic E-state index is 0.707. The fourth-order valence-corrected chi connectivity index (χ4v) is 6.81. The zero-order chi connectivity index (χ0) is 32.6. The number of hydrogen-bond donors (Lipinski definition) is 0. The number of rotatable bonds is 6. The quantitative estimate of drug-likeness (QED) is 0.184. The smallest absolute Gasteiger partial charge is 0.160 e. The van der Waals surface area contributed by atoms with Crippen molar-refractivity contribution < 1.29 is 0 Å². The van der Waals surface area contributed by atoms with Crippen molar-refractivity contribution in [3.63, 3.8) is 0 Å². The Balaban J connectivity index is 1.07. The van der Waals surface area contributed by atoms with Crippen LogP contribution in [0.2, 0.25) is 0 Å². The van der Waals surface area contributed by atoms with Crippen molar-refractivity contribution in [2.45, 2.75) is 0 Å². The molecule has 0 aliphatic heterocycles. The van der Waals surface area contributed by atoms with E-state index >= 15 is 0 Å². The van der Waals surface area contributed by atoms with E-state index in [2.05, 4.69) is 156 Å². The molecule has 0 aliphatic carbocycles. The number of nitrogens with zero attached hydrogens (tertiary/aromatic N) is 3. The Kier molecular flexibility index (Phi) is 7.14. The van der Waals surface area contributed by atoms with E-state index in [0.717, 1.165) is 44.9 Å². The summed E-state index contributed by atoms with van der Waals surface area (Å²) in [5, 5.41) is 2.54. The van der Waals surface area contributed by atoms with Gasteiger partial charge in [-0.05, 0) is 64.7 Å². The summed E-state index contributed by atoms with van der Waals surface area (Å²) in [5.74, 6) is 0.707. The highest BCUT2D eigenvalue weighted by Gasteiger charge is 2.13. The number of hydrogen-bond acceptors (Lipinski definition) is 2. The average Bonchev–Trinajstić information content (AvgIpc) is 3.53. The van der Waals surface area contributed by atoms with Crippen LogP contribution in [0.4, 0.5) is 0 Å². The first-order chi connectivity index (χ1) is 24.3. The normalized spacial score (nSPS) is 11.3. The van der Waals surface area contributed by atoms with Crippen molar-refractivity contribution in [2.24, 2.45) is 0 Å². The molecule has 0 spiro atoms. The molecule has 0 aliphatic rings. The fraction of sp³-hybridized carbons (Fsp3) is 0. The van der Waals surface area contributed by atoms with Gasteiger partial charge in [0.05, 0.1) is 22.4 Å². The van der Waals surface area contributed by atoms with Gasteiger partial charge in [0.25, 0.3) is 0 Å². The molecular weight excluding hydrogens is 595 g/mol. The second-order valence-electron chi connectivity index (χ2n) is 12.3. The van der Waals surface area contributed by atoms with Gasteiger partial charge in [0.2, 0.25) is 0 Å². The van der Waals surface area contributed by atoms with Crippen molar-refractivity contribution in [3.05, 3.63) is 188 Å². The van der Waals surface area contributed by atoms with Crippen molar-refractivity contribution in [1.29, 1.82) is 0 Å². The van der Waals surface area contributed by atoms with Crippen LogP contribution in [-0.4, -0.2) is 14.5 Å². The van der Waals surface area contributed by atoms with E-state index < -0.39 is 0 Å². The van der Waals surface area contributed by atoms with E-state index in [9.17, 15) is 0 Å². The first-order valence-corrected chi connectivity index (χ1v) is 16.6. The van der Waals surface area contributed by atoms with Crippen molar-refractivity contribution in [3.8, 4) is 61.8 Å². The van der Waals surface area contributed by atoms with Gasteiger partial charge in [0.1, 0.15) is 0 Å². The molecule has 3 nitrogen and oxygen atoms in total. The van der Waals surface area contributed by atoms with Gasteiger partial charge >= 0.3 is 0 Å². The lowest BCUT2D eigenvalue weighted by atomic mass is 9.97. The third-order valence-electron chi connectivity index (χ3n) is 9.22. The summed E-state index contributed by atoms with van der Waals surface area (Å²) in [4.78, 5) is 10.1. The summed E-state index contributed by atoms with van der Waals surface area (Å²) in [6.45, 7) is 0. The largest absolute Gasteiger partial charge is 0.309 e. The van der Waals surface area contributed by atoms with Crippen LogP contribution in [0.1, 0.15) is 0 Å². The second kappa shape index (κ2) is 12.2. The van der Waals surface area contributed by atoms with Crippen molar-refractivity contribution >= 4 is 21.8 Å². The molecule has 0 saturated carbocycles. The summed E-state index contributed by atoms with van der Waals surface area (Å²) in [7, 11) is 0. The number of benzene rings is 7. The van der Waals surface area contributed by atoms with Crippen molar-refractivity contribution in [2.75, 3.05) is 0 Å². The van der Waals surface area contributed by atoms with Gasteiger partial charge in [-0.3, -0.25) is 0 Å². The Hall–Kier alpha value is -6.58. The van der Waals surface area contributed by atoms with Crippen LogP contribution in [0.3, 0.4) is 0 Å². The van der Waals surface area contributed by atoms with E-state index in [1.54, 1.807) is 0 Å². The van der Waals surface area contributed by atoms with E-state index in [4.69, 9.17) is 9.97 Å². The summed E-state index contributed by atoms with van der Waals surface area (Å²) in [6, 6.07) is 66.2. The lowest BCUT2D eigenvalue weighted by Gasteiger charge is -2.12. The molecule has 0 fully saturated rings. The Morgan fingerprint density at radius 3 is 1.29 bits per heavy atom. The van der Waals surface area contributed by atoms with Crippen LogP contribution in [0, 0.1) is 0 Å². The lowest BCUT2D eigenvalue weighted by Crippen LogP contribution is -1.96. The Bertz CT molecular complexity index is 2470. The number of fused-ring (bicyclic) bond motifs is 3. The zero-order valence-corrected chi connectivity index (χ0v) is 26.7. The van der Waals surface area contributed by atoms with Crippen LogP contribution in [0.15, 0.2) is 188 Å².